The second kappa shape index (κ2) is 20.1. The zero-order valence-electron chi connectivity index (χ0n) is 25.9. The van der Waals surface area contributed by atoms with Crippen molar-refractivity contribution < 1.29 is 9.90 Å². The molecule has 0 aromatic rings. The van der Waals surface area contributed by atoms with Crippen LogP contribution in [0.1, 0.15) is 151 Å². The van der Waals surface area contributed by atoms with Gasteiger partial charge in [-0.25, -0.2) is 0 Å². The molecule has 1 atom stereocenters. The van der Waals surface area contributed by atoms with Gasteiger partial charge in [0.25, 0.3) is 0 Å². The van der Waals surface area contributed by atoms with Crippen LogP contribution in [-0.2, 0) is 4.79 Å². The molecule has 1 aliphatic carbocycles. The number of carboxylic acids is 1. The van der Waals surface area contributed by atoms with Gasteiger partial charge in [-0.1, -0.05) is 151 Å². The first-order valence-electron chi connectivity index (χ1n) is 15.8. The third-order valence-electron chi connectivity index (χ3n) is 8.25. The first-order valence-corrected chi connectivity index (χ1v) is 15.8. The molecule has 1 unspecified atom stereocenters. The van der Waals surface area contributed by atoms with E-state index >= 15 is 0 Å². The Bertz CT molecular complexity index is 818. The Morgan fingerprint density at radius 2 is 1.47 bits per heavy atom. The van der Waals surface area contributed by atoms with Crippen molar-refractivity contribution in [3.8, 4) is 0 Å². The van der Waals surface area contributed by atoms with Crippen molar-refractivity contribution in [1.82, 2.24) is 0 Å². The highest BCUT2D eigenvalue weighted by Crippen LogP contribution is 2.40. The standard InChI is InChI=1S/C36H60O2/c1-7-8-9-10-11-12-13-14-15-16-17-18-24-33(35(37)38)27-25-30(2)21-19-22-31(3)26-28-34-32(4)23-20-29-36(34,5)6/h19,21-22,25-26,28,33H,7-18,20,23-24,27,29H2,1-6H3,(H,37,38). The fourth-order valence-electron chi connectivity index (χ4n) is 5.60. The Kier molecular flexibility index (Phi) is 18.1. The summed E-state index contributed by atoms with van der Waals surface area (Å²) in [4.78, 5) is 11.8. The summed E-state index contributed by atoms with van der Waals surface area (Å²) in [6.45, 7) is 13.5. The Morgan fingerprint density at radius 3 is 2.03 bits per heavy atom. The number of carbonyl (C=O) groups is 1. The van der Waals surface area contributed by atoms with E-state index in [9.17, 15) is 9.90 Å². The number of carboxylic acid groups (broad SMARTS) is 1. The quantitative estimate of drug-likeness (QED) is 0.127. The van der Waals surface area contributed by atoms with Crippen LogP contribution in [0.4, 0.5) is 0 Å². The highest BCUT2D eigenvalue weighted by atomic mass is 16.4. The van der Waals surface area contributed by atoms with Crippen molar-refractivity contribution in [2.45, 2.75) is 151 Å². The van der Waals surface area contributed by atoms with Crippen LogP contribution in [0.25, 0.3) is 0 Å². The van der Waals surface area contributed by atoms with E-state index in [1.807, 2.05) is 0 Å². The van der Waals surface area contributed by atoms with Gasteiger partial charge in [-0.15, -0.1) is 0 Å². The molecule has 0 heterocycles. The molecule has 0 radical (unpaired) electrons. The Balaban J connectivity index is 2.34. The van der Waals surface area contributed by atoms with E-state index in [-0.39, 0.29) is 11.3 Å². The average molecular weight is 525 g/mol. The Hall–Kier alpha value is -1.83. The minimum Gasteiger partial charge on any atom is -0.481 e. The van der Waals surface area contributed by atoms with E-state index < -0.39 is 5.97 Å². The van der Waals surface area contributed by atoms with Gasteiger partial charge >= 0.3 is 5.97 Å². The third kappa shape index (κ3) is 15.6. The fraction of sp³-hybridized carbons (Fsp3) is 0.694. The normalized spacial score (nSPS) is 17.6. The lowest BCUT2D eigenvalue weighted by Gasteiger charge is -2.32. The Morgan fingerprint density at radius 1 is 0.895 bits per heavy atom. The second-order valence-corrected chi connectivity index (χ2v) is 12.4. The molecule has 2 nitrogen and oxygen atoms in total. The predicted octanol–water partition coefficient (Wildman–Crippen LogP) is 11.7. The molecule has 1 N–H and O–H groups in total. The summed E-state index contributed by atoms with van der Waals surface area (Å²) in [6.07, 6.45) is 33.8. The molecule has 0 aliphatic heterocycles. The molecule has 2 heteroatoms. The average Bonchev–Trinajstić information content (AvgIpc) is 2.85. The highest BCUT2D eigenvalue weighted by molar-refractivity contribution is 5.70. The molecule has 0 aromatic carbocycles. The van der Waals surface area contributed by atoms with Crippen molar-refractivity contribution in [2.24, 2.45) is 11.3 Å². The molecular weight excluding hydrogens is 464 g/mol. The minimum absolute atomic E-state index is 0.266. The van der Waals surface area contributed by atoms with Crippen LogP contribution < -0.4 is 0 Å². The number of hydrogen-bond donors (Lipinski definition) is 1. The molecule has 0 fully saturated rings. The van der Waals surface area contributed by atoms with E-state index in [0.717, 1.165) is 24.8 Å². The summed E-state index contributed by atoms with van der Waals surface area (Å²) in [7, 11) is 0. The monoisotopic (exact) mass is 524 g/mol. The van der Waals surface area contributed by atoms with Gasteiger partial charge in [0, 0.05) is 0 Å². The number of rotatable bonds is 20. The first-order chi connectivity index (χ1) is 18.2. The minimum atomic E-state index is -0.655. The van der Waals surface area contributed by atoms with Crippen molar-refractivity contribution in [3.63, 3.8) is 0 Å². The van der Waals surface area contributed by atoms with E-state index in [1.165, 1.54) is 100 Å². The summed E-state index contributed by atoms with van der Waals surface area (Å²) < 4.78 is 0. The van der Waals surface area contributed by atoms with Crippen molar-refractivity contribution in [2.75, 3.05) is 0 Å². The largest absolute Gasteiger partial charge is 0.481 e. The van der Waals surface area contributed by atoms with Gasteiger partial charge in [-0.3, -0.25) is 4.79 Å². The zero-order chi connectivity index (χ0) is 28.2. The summed E-state index contributed by atoms with van der Waals surface area (Å²) >= 11 is 0. The van der Waals surface area contributed by atoms with E-state index in [1.54, 1.807) is 0 Å². The van der Waals surface area contributed by atoms with Crippen LogP contribution in [0.3, 0.4) is 0 Å². The molecule has 0 saturated heterocycles. The number of hydrogen-bond acceptors (Lipinski definition) is 1. The highest BCUT2D eigenvalue weighted by Gasteiger charge is 2.26. The smallest absolute Gasteiger partial charge is 0.306 e. The first kappa shape index (κ1) is 34.2. The van der Waals surface area contributed by atoms with Crippen LogP contribution >= 0.6 is 0 Å². The second-order valence-electron chi connectivity index (χ2n) is 12.4. The van der Waals surface area contributed by atoms with Crippen LogP contribution in [0.5, 0.6) is 0 Å². The van der Waals surface area contributed by atoms with Crippen LogP contribution in [0.2, 0.25) is 0 Å². The third-order valence-corrected chi connectivity index (χ3v) is 8.25. The van der Waals surface area contributed by atoms with Crippen LogP contribution in [0, 0.1) is 11.3 Å². The number of unbranched alkanes of at least 4 members (excludes halogenated alkanes) is 11. The van der Waals surface area contributed by atoms with Crippen molar-refractivity contribution in [1.29, 1.82) is 0 Å². The van der Waals surface area contributed by atoms with Gasteiger partial charge < -0.3 is 5.11 Å². The molecular formula is C36H60O2. The van der Waals surface area contributed by atoms with Crippen LogP contribution in [0.15, 0.2) is 58.7 Å². The molecule has 216 valence electrons. The van der Waals surface area contributed by atoms with Gasteiger partial charge in [-0.05, 0) is 63.9 Å². The van der Waals surface area contributed by atoms with Crippen molar-refractivity contribution >= 4 is 5.97 Å². The van der Waals surface area contributed by atoms with Gasteiger partial charge in [0.2, 0.25) is 0 Å². The number of allylic oxidation sites excluding steroid dienone is 10. The lowest BCUT2D eigenvalue weighted by atomic mass is 9.72. The van der Waals surface area contributed by atoms with Gasteiger partial charge in [-0.2, -0.15) is 0 Å². The molecule has 38 heavy (non-hydrogen) atoms. The molecule has 0 bridgehead atoms. The van der Waals surface area contributed by atoms with Crippen molar-refractivity contribution in [3.05, 3.63) is 58.7 Å². The molecule has 0 aromatic heterocycles. The zero-order valence-corrected chi connectivity index (χ0v) is 25.9. The summed E-state index contributed by atoms with van der Waals surface area (Å²) in [5.41, 5.74) is 5.64. The molecule has 0 spiro atoms. The fourth-order valence-corrected chi connectivity index (χ4v) is 5.60. The maximum absolute atomic E-state index is 11.8. The predicted molar refractivity (Wildman–Crippen MR) is 168 cm³/mol. The lowest BCUT2D eigenvalue weighted by molar-refractivity contribution is -0.141. The molecule has 0 saturated carbocycles. The lowest BCUT2D eigenvalue weighted by Crippen LogP contribution is -2.19. The van der Waals surface area contributed by atoms with Crippen LogP contribution in [-0.4, -0.2) is 11.1 Å². The summed E-state index contributed by atoms with van der Waals surface area (Å²) in [5.74, 6) is -0.922. The summed E-state index contributed by atoms with van der Waals surface area (Å²) in [6, 6.07) is 0. The summed E-state index contributed by atoms with van der Waals surface area (Å²) in [5, 5.41) is 9.67. The van der Waals surface area contributed by atoms with E-state index in [2.05, 4.69) is 78.0 Å². The Labute approximate surface area is 236 Å². The van der Waals surface area contributed by atoms with E-state index in [0.29, 0.717) is 6.42 Å². The van der Waals surface area contributed by atoms with Gasteiger partial charge in [0.1, 0.15) is 0 Å². The number of aliphatic carboxylic acids is 1. The van der Waals surface area contributed by atoms with E-state index in [4.69, 9.17) is 0 Å². The van der Waals surface area contributed by atoms with Gasteiger partial charge in [0.05, 0.1) is 5.92 Å². The molecule has 1 aliphatic rings. The van der Waals surface area contributed by atoms with Gasteiger partial charge in [0.15, 0.2) is 0 Å². The topological polar surface area (TPSA) is 37.3 Å². The molecule has 1 rings (SSSR count). The molecule has 0 amide bonds. The SMILES string of the molecule is CCCCCCCCCCCCCCC(CC=C(C)C=CC=C(C)C=CC1=C(C)CCCC1(C)C)C(=O)O. The maximum Gasteiger partial charge on any atom is 0.306 e. The maximum atomic E-state index is 11.8.